The molecule has 0 unspecified atom stereocenters. The van der Waals surface area contributed by atoms with Gasteiger partial charge in [-0.05, 0) is 17.7 Å². The third kappa shape index (κ3) is 4.15. The monoisotopic (exact) mass is 343 g/mol. The number of nitrogens with one attached hydrogen (secondary N) is 1. The van der Waals surface area contributed by atoms with Crippen molar-refractivity contribution in [2.45, 2.75) is 26.8 Å². The van der Waals surface area contributed by atoms with Gasteiger partial charge in [0, 0.05) is 11.0 Å². The first-order chi connectivity index (χ1) is 11.8. The largest absolute Gasteiger partial charge is 0.467 e. The number of esters is 1. The number of carbonyl (C=O) groups excluding carboxylic acids is 3. The molecule has 1 aromatic heterocycles. The molecule has 132 valence electrons. The Labute approximate surface area is 146 Å². The minimum absolute atomic E-state index is 0.179. The van der Waals surface area contributed by atoms with Crippen LogP contribution in [0.4, 0.5) is 0 Å². The molecule has 0 fully saturated rings. The molecule has 6 nitrogen and oxygen atoms in total. The first kappa shape index (κ1) is 18.4. The minimum Gasteiger partial charge on any atom is -0.467 e. The molecule has 0 saturated carbocycles. The van der Waals surface area contributed by atoms with E-state index in [1.807, 2.05) is 0 Å². The lowest BCUT2D eigenvalue weighted by molar-refractivity contribution is -0.146. The van der Waals surface area contributed by atoms with E-state index in [1.54, 1.807) is 57.2 Å². The summed E-state index contributed by atoms with van der Waals surface area (Å²) >= 11 is 0. The van der Waals surface area contributed by atoms with Gasteiger partial charge < -0.3 is 14.5 Å². The summed E-state index contributed by atoms with van der Waals surface area (Å²) in [6.07, 6.45) is 0.602. The molecule has 1 heterocycles. The van der Waals surface area contributed by atoms with Crippen molar-refractivity contribution in [1.29, 1.82) is 0 Å². The quantitative estimate of drug-likeness (QED) is 0.666. The molecular weight excluding hydrogens is 322 g/mol. The van der Waals surface area contributed by atoms with Crippen LogP contribution in [0.2, 0.25) is 0 Å². The van der Waals surface area contributed by atoms with Crippen molar-refractivity contribution in [3.05, 3.63) is 47.7 Å². The number of rotatable bonds is 5. The number of carbonyl (C=O) groups is 3. The molecule has 0 saturated heterocycles. The van der Waals surface area contributed by atoms with Crippen LogP contribution in [-0.4, -0.2) is 25.3 Å². The van der Waals surface area contributed by atoms with Crippen molar-refractivity contribution >= 4 is 18.2 Å². The summed E-state index contributed by atoms with van der Waals surface area (Å²) in [7, 11) is 1.26. The smallest absolute Gasteiger partial charge is 0.333 e. The molecule has 2 aromatic rings. The molecule has 0 spiro atoms. The number of benzene rings is 1. The molecule has 0 bridgehead atoms. The summed E-state index contributed by atoms with van der Waals surface area (Å²) in [5.41, 5.74) is 0.454. The maximum atomic E-state index is 12.4. The van der Waals surface area contributed by atoms with E-state index in [0.29, 0.717) is 23.2 Å². The summed E-state index contributed by atoms with van der Waals surface area (Å²) in [4.78, 5) is 35.5. The molecule has 2 rings (SSSR count). The standard InChI is InChI=1S/C19H21NO5/c1-19(2,3)18(23)20-16(17(22)24-4)14-8-6-5-7-13(14)15-10-9-12(11-21)25-15/h5-11,16H,1-4H3,(H,20,23)/t16-/m0/s1. The second-order valence-corrected chi connectivity index (χ2v) is 6.59. The Balaban J connectivity index is 2.49. The lowest BCUT2D eigenvalue weighted by Gasteiger charge is -2.24. The third-order valence-corrected chi connectivity index (χ3v) is 3.67. The zero-order chi connectivity index (χ0) is 18.6. The van der Waals surface area contributed by atoms with E-state index in [0.717, 1.165) is 0 Å². The van der Waals surface area contributed by atoms with Gasteiger partial charge in [0.2, 0.25) is 5.91 Å². The molecule has 25 heavy (non-hydrogen) atoms. The summed E-state index contributed by atoms with van der Waals surface area (Å²) in [5, 5.41) is 2.73. The maximum absolute atomic E-state index is 12.4. The topological polar surface area (TPSA) is 85.6 Å². The van der Waals surface area contributed by atoms with Crippen LogP contribution >= 0.6 is 0 Å². The van der Waals surface area contributed by atoms with Crippen molar-refractivity contribution in [1.82, 2.24) is 5.32 Å². The van der Waals surface area contributed by atoms with Gasteiger partial charge in [-0.2, -0.15) is 0 Å². The lowest BCUT2D eigenvalue weighted by Crippen LogP contribution is -2.41. The van der Waals surface area contributed by atoms with Gasteiger partial charge >= 0.3 is 5.97 Å². The number of aldehydes is 1. The predicted molar refractivity (Wildman–Crippen MR) is 91.9 cm³/mol. The van der Waals surface area contributed by atoms with Crippen LogP contribution in [0.1, 0.15) is 42.9 Å². The first-order valence-electron chi connectivity index (χ1n) is 7.81. The molecule has 0 aliphatic heterocycles. The van der Waals surface area contributed by atoms with Crippen LogP contribution in [0.15, 0.2) is 40.8 Å². The summed E-state index contributed by atoms with van der Waals surface area (Å²) in [5.74, 6) is -0.271. The summed E-state index contributed by atoms with van der Waals surface area (Å²) < 4.78 is 10.3. The number of ether oxygens (including phenoxy) is 1. The first-order valence-corrected chi connectivity index (χ1v) is 7.81. The average molecular weight is 343 g/mol. The second kappa shape index (κ2) is 7.34. The molecule has 0 aliphatic rings. The van der Waals surface area contributed by atoms with Crippen molar-refractivity contribution in [2.24, 2.45) is 5.41 Å². The molecular formula is C19H21NO5. The molecule has 6 heteroatoms. The van der Waals surface area contributed by atoms with Gasteiger partial charge in [-0.1, -0.05) is 45.0 Å². The summed E-state index contributed by atoms with van der Waals surface area (Å²) in [6.45, 7) is 5.27. The van der Waals surface area contributed by atoms with Crippen LogP contribution in [-0.2, 0) is 14.3 Å². The Hall–Kier alpha value is -2.89. The maximum Gasteiger partial charge on any atom is 0.333 e. The zero-order valence-corrected chi connectivity index (χ0v) is 14.7. The van der Waals surface area contributed by atoms with Crippen molar-refractivity contribution in [2.75, 3.05) is 7.11 Å². The fourth-order valence-corrected chi connectivity index (χ4v) is 2.26. The van der Waals surface area contributed by atoms with E-state index < -0.39 is 17.4 Å². The number of hydrogen-bond acceptors (Lipinski definition) is 5. The van der Waals surface area contributed by atoms with Crippen molar-refractivity contribution in [3.8, 4) is 11.3 Å². The highest BCUT2D eigenvalue weighted by atomic mass is 16.5. The molecule has 1 N–H and O–H groups in total. The number of methoxy groups -OCH3 is 1. The molecule has 0 aliphatic carbocycles. The summed E-state index contributed by atoms with van der Waals surface area (Å²) in [6, 6.07) is 9.19. The van der Waals surface area contributed by atoms with Crippen LogP contribution in [0.5, 0.6) is 0 Å². The van der Waals surface area contributed by atoms with E-state index in [2.05, 4.69) is 5.32 Å². The van der Waals surface area contributed by atoms with Gasteiger partial charge in [0.05, 0.1) is 7.11 Å². The van der Waals surface area contributed by atoms with Gasteiger partial charge in [-0.3, -0.25) is 9.59 Å². The Morgan fingerprint density at radius 2 is 1.84 bits per heavy atom. The normalized spacial score (nSPS) is 12.3. The van der Waals surface area contributed by atoms with E-state index in [4.69, 9.17) is 9.15 Å². The second-order valence-electron chi connectivity index (χ2n) is 6.59. The molecule has 0 radical (unpaired) electrons. The van der Waals surface area contributed by atoms with Crippen LogP contribution in [0.25, 0.3) is 11.3 Å². The van der Waals surface area contributed by atoms with E-state index >= 15 is 0 Å². The number of furan rings is 1. The number of hydrogen-bond donors (Lipinski definition) is 1. The van der Waals surface area contributed by atoms with Crippen LogP contribution < -0.4 is 5.32 Å². The van der Waals surface area contributed by atoms with E-state index in [-0.39, 0.29) is 11.7 Å². The Bertz CT molecular complexity index is 785. The third-order valence-electron chi connectivity index (χ3n) is 3.67. The fourth-order valence-electron chi connectivity index (χ4n) is 2.26. The Morgan fingerprint density at radius 3 is 2.40 bits per heavy atom. The van der Waals surface area contributed by atoms with Crippen LogP contribution in [0, 0.1) is 5.41 Å². The van der Waals surface area contributed by atoms with E-state index in [9.17, 15) is 14.4 Å². The highest BCUT2D eigenvalue weighted by Gasteiger charge is 2.31. The minimum atomic E-state index is -0.988. The lowest BCUT2D eigenvalue weighted by atomic mass is 9.93. The molecule has 1 atom stereocenters. The predicted octanol–water partition coefficient (Wildman–Crippen LogP) is 3.14. The van der Waals surface area contributed by atoms with Gasteiger partial charge in [0.15, 0.2) is 18.1 Å². The van der Waals surface area contributed by atoms with Gasteiger partial charge in [-0.25, -0.2) is 4.79 Å². The molecule has 1 amide bonds. The van der Waals surface area contributed by atoms with Gasteiger partial charge in [0.1, 0.15) is 5.76 Å². The number of amides is 1. The van der Waals surface area contributed by atoms with Crippen molar-refractivity contribution < 1.29 is 23.5 Å². The van der Waals surface area contributed by atoms with Gasteiger partial charge in [-0.15, -0.1) is 0 Å². The SMILES string of the molecule is COC(=O)[C@@H](NC(=O)C(C)(C)C)c1ccccc1-c1ccc(C=O)o1. The Morgan fingerprint density at radius 1 is 1.16 bits per heavy atom. The highest BCUT2D eigenvalue weighted by Crippen LogP contribution is 2.31. The molecule has 1 aromatic carbocycles. The fraction of sp³-hybridized carbons (Fsp3) is 0.316. The van der Waals surface area contributed by atoms with Crippen LogP contribution in [0.3, 0.4) is 0 Å². The zero-order valence-electron chi connectivity index (χ0n) is 14.7. The van der Waals surface area contributed by atoms with Crippen molar-refractivity contribution in [3.63, 3.8) is 0 Å². The Kier molecular flexibility index (Phi) is 5.41. The highest BCUT2D eigenvalue weighted by molar-refractivity contribution is 5.89. The van der Waals surface area contributed by atoms with E-state index in [1.165, 1.54) is 7.11 Å². The van der Waals surface area contributed by atoms with Gasteiger partial charge in [0.25, 0.3) is 0 Å². The average Bonchev–Trinajstić information content (AvgIpc) is 3.07.